The topological polar surface area (TPSA) is 75.6 Å². The van der Waals surface area contributed by atoms with Crippen LogP contribution >= 0.6 is 11.3 Å². The van der Waals surface area contributed by atoms with Crippen LogP contribution in [0, 0.1) is 13.8 Å². The van der Waals surface area contributed by atoms with Crippen molar-refractivity contribution in [3.8, 4) is 0 Å². The van der Waals surface area contributed by atoms with Gasteiger partial charge in [-0.1, -0.05) is 0 Å². The first-order valence-electron chi connectivity index (χ1n) is 6.14. The minimum absolute atomic E-state index is 0.178. The number of thiophene rings is 1. The summed E-state index contributed by atoms with van der Waals surface area (Å²) in [5.74, 6) is -1.29. The first kappa shape index (κ1) is 14.0. The second-order valence-electron chi connectivity index (χ2n) is 4.93. The zero-order valence-corrected chi connectivity index (χ0v) is 12.0. The number of carboxylic acid groups (broad SMARTS) is 1. The fraction of sp³-hybridized carbons (Fsp3) is 0.538. The van der Waals surface area contributed by atoms with Crippen LogP contribution in [0.4, 0.5) is 5.00 Å². The van der Waals surface area contributed by atoms with E-state index in [2.05, 4.69) is 5.32 Å². The highest BCUT2D eigenvalue weighted by Gasteiger charge is 2.38. The molecule has 1 fully saturated rings. The van der Waals surface area contributed by atoms with Gasteiger partial charge in [0.1, 0.15) is 10.6 Å². The van der Waals surface area contributed by atoms with Gasteiger partial charge < -0.3 is 15.2 Å². The molecule has 1 aromatic heterocycles. The molecule has 2 heterocycles. The van der Waals surface area contributed by atoms with Gasteiger partial charge in [-0.3, -0.25) is 4.79 Å². The molecule has 1 aliphatic rings. The molecule has 1 aromatic rings. The maximum atomic E-state index is 12.2. The molecule has 1 amide bonds. The number of aromatic carboxylic acids is 1. The van der Waals surface area contributed by atoms with Crippen LogP contribution in [0.15, 0.2) is 0 Å². The average Bonchev–Trinajstić information content (AvgIpc) is 2.86. The summed E-state index contributed by atoms with van der Waals surface area (Å²) in [6.07, 6.45) is 1.50. The predicted molar refractivity (Wildman–Crippen MR) is 73.0 cm³/mol. The minimum atomic E-state index is -1.02. The molecule has 5 nitrogen and oxygen atoms in total. The molecule has 1 aliphatic heterocycles. The minimum Gasteiger partial charge on any atom is -0.478 e. The Morgan fingerprint density at radius 2 is 2.11 bits per heavy atom. The smallest absolute Gasteiger partial charge is 0.338 e. The fourth-order valence-electron chi connectivity index (χ4n) is 2.17. The standard InChI is InChI=1S/C13H17NO4S/c1-7-8(2)19-10(9(7)11(15)16)14-12(17)13(3)5-4-6-18-13/h4-6H2,1-3H3,(H,14,17)(H,15,16). The number of aryl methyl sites for hydroxylation is 1. The van der Waals surface area contributed by atoms with Gasteiger partial charge in [-0.25, -0.2) is 4.79 Å². The number of hydrogen-bond acceptors (Lipinski definition) is 4. The van der Waals surface area contributed by atoms with Crippen LogP contribution in [0.5, 0.6) is 0 Å². The van der Waals surface area contributed by atoms with Crippen molar-refractivity contribution in [2.45, 2.75) is 39.2 Å². The molecule has 0 aliphatic carbocycles. The van der Waals surface area contributed by atoms with Crippen molar-refractivity contribution < 1.29 is 19.4 Å². The highest BCUT2D eigenvalue weighted by atomic mass is 32.1. The lowest BCUT2D eigenvalue weighted by atomic mass is 10.0. The van der Waals surface area contributed by atoms with Gasteiger partial charge in [-0.15, -0.1) is 11.3 Å². The molecule has 0 bridgehead atoms. The van der Waals surface area contributed by atoms with Crippen molar-refractivity contribution >= 4 is 28.2 Å². The molecule has 0 saturated carbocycles. The van der Waals surface area contributed by atoms with Crippen LogP contribution in [0.1, 0.15) is 40.6 Å². The molecular formula is C13H17NO4S. The summed E-state index contributed by atoms with van der Waals surface area (Å²) in [7, 11) is 0. The third-order valence-electron chi connectivity index (χ3n) is 3.53. The maximum Gasteiger partial charge on any atom is 0.338 e. The van der Waals surface area contributed by atoms with Gasteiger partial charge in [-0.2, -0.15) is 0 Å². The SMILES string of the molecule is Cc1sc(NC(=O)C2(C)CCCO2)c(C(=O)O)c1C. The first-order chi connectivity index (χ1) is 8.85. The van der Waals surface area contributed by atoms with E-state index >= 15 is 0 Å². The van der Waals surface area contributed by atoms with Crippen LogP contribution in [0.3, 0.4) is 0 Å². The lowest BCUT2D eigenvalue weighted by Crippen LogP contribution is -2.39. The van der Waals surface area contributed by atoms with Crippen molar-refractivity contribution in [2.24, 2.45) is 0 Å². The third-order valence-corrected chi connectivity index (χ3v) is 4.65. The van der Waals surface area contributed by atoms with Gasteiger partial charge in [0.25, 0.3) is 5.91 Å². The molecule has 19 heavy (non-hydrogen) atoms. The number of ether oxygens (including phenoxy) is 1. The lowest BCUT2D eigenvalue weighted by Gasteiger charge is -2.21. The van der Waals surface area contributed by atoms with E-state index in [1.165, 1.54) is 11.3 Å². The number of carbonyl (C=O) groups excluding carboxylic acids is 1. The molecule has 0 aromatic carbocycles. The average molecular weight is 283 g/mol. The monoisotopic (exact) mass is 283 g/mol. The number of rotatable bonds is 3. The van der Waals surface area contributed by atoms with Crippen LogP contribution in [-0.2, 0) is 9.53 Å². The number of nitrogens with one attached hydrogen (secondary N) is 1. The summed E-state index contributed by atoms with van der Waals surface area (Å²) in [6, 6.07) is 0. The summed E-state index contributed by atoms with van der Waals surface area (Å²) < 4.78 is 5.46. The summed E-state index contributed by atoms with van der Waals surface area (Å²) >= 11 is 1.29. The Labute approximate surface area is 115 Å². The molecule has 1 saturated heterocycles. The first-order valence-corrected chi connectivity index (χ1v) is 6.95. The number of carboxylic acids is 1. The molecule has 1 unspecified atom stereocenters. The van der Waals surface area contributed by atoms with Gasteiger partial charge in [-0.05, 0) is 39.2 Å². The normalized spacial score (nSPS) is 22.5. The Balaban J connectivity index is 2.26. The largest absolute Gasteiger partial charge is 0.478 e. The quantitative estimate of drug-likeness (QED) is 0.894. The van der Waals surface area contributed by atoms with E-state index < -0.39 is 11.6 Å². The van der Waals surface area contributed by atoms with Crippen LogP contribution in [0.2, 0.25) is 0 Å². The van der Waals surface area contributed by atoms with Crippen LogP contribution < -0.4 is 5.32 Å². The van der Waals surface area contributed by atoms with Crippen molar-refractivity contribution in [1.29, 1.82) is 0 Å². The number of carbonyl (C=O) groups is 2. The van der Waals surface area contributed by atoms with Crippen molar-refractivity contribution in [3.05, 3.63) is 16.0 Å². The van der Waals surface area contributed by atoms with E-state index in [1.54, 1.807) is 13.8 Å². The zero-order valence-electron chi connectivity index (χ0n) is 11.2. The Hall–Kier alpha value is -1.40. The Morgan fingerprint density at radius 3 is 2.63 bits per heavy atom. The molecule has 6 heteroatoms. The van der Waals surface area contributed by atoms with E-state index in [1.807, 2.05) is 6.92 Å². The van der Waals surface area contributed by atoms with E-state index in [4.69, 9.17) is 4.74 Å². The maximum absolute atomic E-state index is 12.2. The Kier molecular flexibility index (Phi) is 3.64. The molecule has 2 rings (SSSR count). The molecule has 2 N–H and O–H groups in total. The summed E-state index contributed by atoms with van der Waals surface area (Å²) in [4.78, 5) is 24.4. The second kappa shape index (κ2) is 4.94. The van der Waals surface area contributed by atoms with Crippen molar-refractivity contribution in [1.82, 2.24) is 0 Å². The second-order valence-corrected chi connectivity index (χ2v) is 6.15. The van der Waals surface area contributed by atoms with Crippen molar-refractivity contribution in [3.63, 3.8) is 0 Å². The molecule has 1 atom stereocenters. The number of hydrogen-bond donors (Lipinski definition) is 2. The predicted octanol–water partition coefficient (Wildman–Crippen LogP) is 2.57. The van der Waals surface area contributed by atoms with Gasteiger partial charge in [0.2, 0.25) is 0 Å². The van der Waals surface area contributed by atoms with E-state index in [0.29, 0.717) is 23.6 Å². The van der Waals surface area contributed by atoms with Gasteiger partial charge in [0.05, 0.1) is 5.56 Å². The Morgan fingerprint density at radius 1 is 1.42 bits per heavy atom. The molecule has 0 radical (unpaired) electrons. The van der Waals surface area contributed by atoms with Crippen molar-refractivity contribution in [2.75, 3.05) is 11.9 Å². The number of amides is 1. The lowest BCUT2D eigenvalue weighted by molar-refractivity contribution is -0.133. The summed E-state index contributed by atoms with van der Waals surface area (Å²) in [5.41, 5.74) is 0.0319. The molecule has 0 spiro atoms. The van der Waals surface area contributed by atoms with Crippen LogP contribution in [0.25, 0.3) is 0 Å². The number of anilines is 1. The van der Waals surface area contributed by atoms with Crippen LogP contribution in [-0.4, -0.2) is 29.2 Å². The zero-order chi connectivity index (χ0) is 14.2. The van der Waals surface area contributed by atoms with Gasteiger partial charge >= 0.3 is 5.97 Å². The highest BCUT2D eigenvalue weighted by molar-refractivity contribution is 7.16. The van der Waals surface area contributed by atoms with E-state index in [9.17, 15) is 14.7 Å². The molecule has 104 valence electrons. The van der Waals surface area contributed by atoms with Gasteiger partial charge in [0.15, 0.2) is 0 Å². The summed E-state index contributed by atoms with van der Waals surface area (Å²) in [6.45, 7) is 5.90. The van der Waals surface area contributed by atoms with E-state index in [-0.39, 0.29) is 11.5 Å². The Bertz CT molecular complexity index is 529. The third kappa shape index (κ3) is 2.50. The highest BCUT2D eigenvalue weighted by Crippen LogP contribution is 2.34. The summed E-state index contributed by atoms with van der Waals surface area (Å²) in [5, 5.41) is 12.3. The fourth-order valence-corrected chi connectivity index (χ4v) is 3.21. The van der Waals surface area contributed by atoms with E-state index in [0.717, 1.165) is 11.3 Å². The van der Waals surface area contributed by atoms with Gasteiger partial charge in [0, 0.05) is 11.5 Å². The molecular weight excluding hydrogens is 266 g/mol.